The first-order valence-electron chi connectivity index (χ1n) is 6.28. The van der Waals surface area contributed by atoms with Gasteiger partial charge in [0.2, 0.25) is 0 Å². The molecule has 0 unspecified atom stereocenters. The van der Waals surface area contributed by atoms with Gasteiger partial charge in [-0.1, -0.05) is 52.3 Å². The number of hydrogen-bond donors (Lipinski definition) is 0. The second-order valence-corrected chi connectivity index (χ2v) is 5.52. The number of halogens is 4. The van der Waals surface area contributed by atoms with Crippen LogP contribution in [0.5, 0.6) is 0 Å². The van der Waals surface area contributed by atoms with Gasteiger partial charge in [-0.25, -0.2) is 0 Å². The van der Waals surface area contributed by atoms with E-state index in [1.54, 1.807) is 42.5 Å². The fourth-order valence-electron chi connectivity index (χ4n) is 2.36. The lowest BCUT2D eigenvalue weighted by molar-refractivity contribution is -0.129. The van der Waals surface area contributed by atoms with Gasteiger partial charge in [-0.2, -0.15) is 13.2 Å². The van der Waals surface area contributed by atoms with Crippen molar-refractivity contribution >= 4 is 26.9 Å². The van der Waals surface area contributed by atoms with Crippen molar-refractivity contribution in [3.63, 3.8) is 0 Å². The third-order valence-electron chi connectivity index (χ3n) is 3.17. The Balaban J connectivity index is 2.28. The first-order valence-corrected chi connectivity index (χ1v) is 7.07. The van der Waals surface area contributed by atoms with Gasteiger partial charge >= 0.3 is 6.18 Å². The fraction of sp³-hybridized carbons (Fsp3) is 0.125. The minimum atomic E-state index is -4.32. The first-order chi connectivity index (χ1) is 9.96. The molecule has 0 aliphatic heterocycles. The molecule has 0 aliphatic rings. The average molecular weight is 355 g/mol. The second kappa shape index (κ2) is 5.22. The number of alkyl halides is 3. The highest BCUT2D eigenvalue weighted by Gasteiger charge is 2.32. The second-order valence-electron chi connectivity index (χ2n) is 4.67. The maximum absolute atomic E-state index is 12.8. The van der Waals surface area contributed by atoms with E-state index in [-0.39, 0.29) is 5.76 Å². The predicted octanol–water partition coefficient (Wildman–Crippen LogP) is 5.97. The van der Waals surface area contributed by atoms with Crippen LogP contribution in [0.4, 0.5) is 13.2 Å². The molecule has 0 saturated heterocycles. The molecule has 1 aromatic heterocycles. The minimum absolute atomic E-state index is 0.0596. The molecule has 21 heavy (non-hydrogen) atoms. The Morgan fingerprint density at radius 2 is 1.62 bits per heavy atom. The summed E-state index contributed by atoms with van der Waals surface area (Å²) >= 11 is 3.39. The zero-order chi connectivity index (χ0) is 15.0. The van der Waals surface area contributed by atoms with Crippen LogP contribution in [0.25, 0.3) is 22.1 Å². The van der Waals surface area contributed by atoms with Gasteiger partial charge in [0.1, 0.15) is 17.8 Å². The standard InChI is InChI=1S/C16H10BrF3O/c17-12-7-3-1-5-10(12)15-11-6-2-4-8-13(11)21-14(15)9-16(18,19)20/h1-8H,9H2. The summed E-state index contributed by atoms with van der Waals surface area (Å²) in [5, 5.41) is 0.684. The lowest BCUT2D eigenvalue weighted by Gasteiger charge is -2.08. The van der Waals surface area contributed by atoms with E-state index in [9.17, 15) is 13.2 Å². The molecule has 0 spiro atoms. The molecule has 3 rings (SSSR count). The third-order valence-corrected chi connectivity index (χ3v) is 3.86. The van der Waals surface area contributed by atoms with Gasteiger partial charge in [-0.3, -0.25) is 0 Å². The zero-order valence-corrected chi connectivity index (χ0v) is 12.3. The van der Waals surface area contributed by atoms with Crippen molar-refractivity contribution in [2.24, 2.45) is 0 Å². The molecule has 1 heterocycles. The smallest absolute Gasteiger partial charge is 0.396 e. The Hall–Kier alpha value is -1.75. The number of benzene rings is 2. The van der Waals surface area contributed by atoms with E-state index in [1.807, 2.05) is 6.07 Å². The summed E-state index contributed by atoms with van der Waals surface area (Å²) in [6.45, 7) is 0. The molecule has 0 atom stereocenters. The minimum Gasteiger partial charge on any atom is -0.460 e. The number of furan rings is 1. The van der Waals surface area contributed by atoms with Crippen LogP contribution in [-0.4, -0.2) is 6.18 Å². The number of rotatable bonds is 2. The van der Waals surface area contributed by atoms with Crippen LogP contribution in [0.2, 0.25) is 0 Å². The monoisotopic (exact) mass is 354 g/mol. The lowest BCUT2D eigenvalue weighted by Crippen LogP contribution is -2.11. The largest absolute Gasteiger partial charge is 0.460 e. The summed E-state index contributed by atoms with van der Waals surface area (Å²) in [4.78, 5) is 0. The van der Waals surface area contributed by atoms with Crippen molar-refractivity contribution < 1.29 is 17.6 Å². The molecule has 0 aliphatic carbocycles. The van der Waals surface area contributed by atoms with Gasteiger partial charge in [0.15, 0.2) is 0 Å². The Bertz CT molecular complexity index is 790. The molecule has 0 bridgehead atoms. The van der Waals surface area contributed by atoms with Gasteiger partial charge in [0, 0.05) is 15.4 Å². The fourth-order valence-corrected chi connectivity index (χ4v) is 2.84. The van der Waals surface area contributed by atoms with Crippen LogP contribution in [-0.2, 0) is 6.42 Å². The van der Waals surface area contributed by atoms with Crippen LogP contribution in [0.3, 0.4) is 0 Å². The highest BCUT2D eigenvalue weighted by atomic mass is 79.9. The lowest BCUT2D eigenvalue weighted by atomic mass is 10.0. The van der Waals surface area contributed by atoms with Crippen molar-refractivity contribution in [1.29, 1.82) is 0 Å². The summed E-state index contributed by atoms with van der Waals surface area (Å²) in [5.41, 5.74) is 1.65. The summed E-state index contributed by atoms with van der Waals surface area (Å²) < 4.78 is 44.6. The maximum atomic E-state index is 12.8. The molecule has 1 nitrogen and oxygen atoms in total. The van der Waals surface area contributed by atoms with E-state index in [0.717, 1.165) is 4.47 Å². The van der Waals surface area contributed by atoms with E-state index in [1.165, 1.54) is 0 Å². The van der Waals surface area contributed by atoms with E-state index in [2.05, 4.69) is 15.9 Å². The van der Waals surface area contributed by atoms with E-state index in [0.29, 0.717) is 22.1 Å². The molecule has 3 aromatic rings. The summed E-state index contributed by atoms with van der Waals surface area (Å²) in [6, 6.07) is 14.2. The number of fused-ring (bicyclic) bond motifs is 1. The topological polar surface area (TPSA) is 13.1 Å². The van der Waals surface area contributed by atoms with Crippen LogP contribution in [0.1, 0.15) is 5.76 Å². The summed E-state index contributed by atoms with van der Waals surface area (Å²) in [5.74, 6) is -0.0596. The Labute approximate surface area is 127 Å². The highest BCUT2D eigenvalue weighted by Crippen LogP contribution is 2.40. The molecule has 0 radical (unpaired) electrons. The Morgan fingerprint density at radius 3 is 2.33 bits per heavy atom. The van der Waals surface area contributed by atoms with Gasteiger partial charge in [0.05, 0.1) is 0 Å². The molecule has 108 valence electrons. The van der Waals surface area contributed by atoms with Crippen LogP contribution in [0, 0.1) is 0 Å². The van der Waals surface area contributed by atoms with Gasteiger partial charge in [-0.05, 0) is 17.7 Å². The van der Waals surface area contributed by atoms with E-state index >= 15 is 0 Å². The average Bonchev–Trinajstić information content (AvgIpc) is 2.75. The van der Waals surface area contributed by atoms with Crippen molar-refractivity contribution in [2.45, 2.75) is 12.6 Å². The van der Waals surface area contributed by atoms with Crippen LogP contribution >= 0.6 is 15.9 Å². The van der Waals surface area contributed by atoms with Crippen LogP contribution in [0.15, 0.2) is 57.4 Å². The van der Waals surface area contributed by atoms with Crippen molar-refractivity contribution in [3.05, 3.63) is 58.8 Å². The Kier molecular flexibility index (Phi) is 3.53. The molecule has 0 fully saturated rings. The quantitative estimate of drug-likeness (QED) is 0.552. The van der Waals surface area contributed by atoms with Crippen molar-refractivity contribution in [3.8, 4) is 11.1 Å². The molecule has 5 heteroatoms. The van der Waals surface area contributed by atoms with E-state index in [4.69, 9.17) is 4.42 Å². The SMILES string of the molecule is FC(F)(F)Cc1oc2ccccc2c1-c1ccccc1Br. The third kappa shape index (κ3) is 2.83. The van der Waals surface area contributed by atoms with Gasteiger partial charge in [0.25, 0.3) is 0 Å². The summed E-state index contributed by atoms with van der Waals surface area (Å²) in [6.07, 6.45) is -5.40. The van der Waals surface area contributed by atoms with Gasteiger partial charge in [-0.15, -0.1) is 0 Å². The van der Waals surface area contributed by atoms with Crippen molar-refractivity contribution in [2.75, 3.05) is 0 Å². The zero-order valence-electron chi connectivity index (χ0n) is 10.7. The molecule has 2 aromatic carbocycles. The highest BCUT2D eigenvalue weighted by molar-refractivity contribution is 9.10. The molecular formula is C16H10BrF3O. The first kappa shape index (κ1) is 14.2. The van der Waals surface area contributed by atoms with Gasteiger partial charge < -0.3 is 4.42 Å². The molecule has 0 saturated carbocycles. The number of hydrogen-bond acceptors (Lipinski definition) is 1. The molecule has 0 N–H and O–H groups in total. The molecular weight excluding hydrogens is 345 g/mol. The van der Waals surface area contributed by atoms with Crippen LogP contribution < -0.4 is 0 Å². The summed E-state index contributed by atoms with van der Waals surface area (Å²) in [7, 11) is 0. The maximum Gasteiger partial charge on any atom is 0.396 e. The van der Waals surface area contributed by atoms with Crippen molar-refractivity contribution in [1.82, 2.24) is 0 Å². The normalized spacial score (nSPS) is 12.0. The Morgan fingerprint density at radius 1 is 0.952 bits per heavy atom. The van der Waals surface area contributed by atoms with E-state index < -0.39 is 12.6 Å². The molecule has 0 amide bonds. The number of para-hydroxylation sites is 1. The predicted molar refractivity (Wildman–Crippen MR) is 79.1 cm³/mol.